The molecule has 7 rings (SSSR count). The molecule has 0 aromatic heterocycles. The fraction of sp³-hybridized carbons (Fsp3) is 0.146. The number of carbonyl (C=O) groups is 5. The fourth-order valence-corrected chi connectivity index (χ4v) is 7.18. The topological polar surface area (TPSA) is 514 Å². The maximum Gasteiger partial charge on any atom is 0.344 e. The third kappa shape index (κ3) is 11.3. The molecule has 1 fully saturated rings. The van der Waals surface area contributed by atoms with E-state index in [1.807, 2.05) is 0 Å². The average Bonchev–Trinajstić information content (AvgIpc) is 3.40. The molecule has 6 aromatic carbocycles. The summed E-state index contributed by atoms with van der Waals surface area (Å²) in [7, 11) is 0. The Hall–Kier alpha value is -10.9. The minimum Gasteiger partial charge on any atom is -0.504 e. The number of phenolic OH excluding ortho intramolecular Hbond substituents is 17. The molecule has 30 nitrogen and oxygen atoms in total. The molecule has 1 aliphatic heterocycles. The van der Waals surface area contributed by atoms with Crippen molar-refractivity contribution in [2.75, 3.05) is 6.61 Å². The van der Waals surface area contributed by atoms with Crippen molar-refractivity contribution in [1.29, 1.82) is 0 Å². The predicted molar refractivity (Wildman–Crippen MR) is 245 cm³/mol. The third-order valence-electron chi connectivity index (χ3n) is 11.0. The second-order valence-corrected chi connectivity index (χ2v) is 16.3. The van der Waals surface area contributed by atoms with Gasteiger partial charge in [-0.25, -0.2) is 24.0 Å². The molecule has 30 heteroatoms. The lowest BCUT2D eigenvalue weighted by atomic mass is 9.97. The standard InChI is InChI=1S/C48H38O30/c49-20-1-14(2-21(50)33(20)61)42(66)72-13-32-39(75-44(68)16-5-24(53)35(63)25(54)6-16)40(76-45(69)19-11-30(59)38(31(60)12-19)74-43(67)15-3-22(51)34(62)23(52)4-15)41(77-46(70)17-7-26(55)36(64)27(56)8-17)48(73-32)78-47(71)18-9-28(57)37(65)29(58)10-18/h1-12,32,39-41,45,48-65,69H,13H2/t32-,39-,40+,41-,45?,48+/m1/s1. The largest absolute Gasteiger partial charge is 0.504 e. The van der Waals surface area contributed by atoms with Crippen molar-refractivity contribution in [3.05, 3.63) is 106 Å². The van der Waals surface area contributed by atoms with Crippen molar-refractivity contribution >= 4 is 29.8 Å². The van der Waals surface area contributed by atoms with E-state index in [-0.39, 0.29) is 0 Å². The van der Waals surface area contributed by atoms with E-state index >= 15 is 0 Å². The first-order chi connectivity index (χ1) is 36.6. The summed E-state index contributed by atoms with van der Waals surface area (Å²) in [5.41, 5.74) is -4.61. The summed E-state index contributed by atoms with van der Waals surface area (Å²) >= 11 is 0. The van der Waals surface area contributed by atoms with Crippen LogP contribution in [0.2, 0.25) is 0 Å². The van der Waals surface area contributed by atoms with Crippen molar-refractivity contribution in [1.82, 2.24) is 0 Å². The Balaban J connectivity index is 1.37. The van der Waals surface area contributed by atoms with Crippen molar-refractivity contribution in [2.45, 2.75) is 37.0 Å². The molecule has 410 valence electrons. The van der Waals surface area contributed by atoms with Crippen molar-refractivity contribution in [3.8, 4) is 103 Å². The predicted octanol–water partition coefficient (Wildman–Crippen LogP) is 2.17. The van der Waals surface area contributed by atoms with Gasteiger partial charge in [0.15, 0.2) is 116 Å². The van der Waals surface area contributed by atoms with E-state index in [0.717, 1.165) is 0 Å². The number of carbonyl (C=O) groups excluding carboxylic acids is 5. The van der Waals surface area contributed by atoms with E-state index in [2.05, 4.69) is 0 Å². The maximum atomic E-state index is 14.0. The number of aromatic hydroxyl groups is 17. The molecule has 6 aromatic rings. The first kappa shape index (κ1) is 54.9. The SMILES string of the molecule is O=C(OC[C@H]1O[C@@H](OC(=O)c2cc(O)c(O)c(O)c2)[C@H](OC(=O)c2cc(O)c(O)c(O)c2)[C@@H](OC(O)c2cc(O)c(OC(=O)c3cc(O)c(O)c(O)c3)c(O)c2)[C@@H]1OC(=O)c1cc(O)c(O)c(O)c1)c1cc(O)c(O)c(O)c1. The Morgan fingerprint density at radius 3 is 1.05 bits per heavy atom. The maximum absolute atomic E-state index is 14.0. The molecule has 0 bridgehead atoms. The summed E-state index contributed by atoms with van der Waals surface area (Å²) in [5.74, 6) is -27.9. The first-order valence-electron chi connectivity index (χ1n) is 21.5. The molecule has 0 aliphatic carbocycles. The summed E-state index contributed by atoms with van der Waals surface area (Å²) in [6.45, 7) is -1.30. The number of hydrogen-bond acceptors (Lipinski definition) is 30. The average molecular weight is 1090 g/mol. The van der Waals surface area contributed by atoms with E-state index in [9.17, 15) is 116 Å². The highest BCUT2D eigenvalue weighted by molar-refractivity contribution is 5.95. The minimum atomic E-state index is -2.69. The van der Waals surface area contributed by atoms with E-state index in [1.165, 1.54) is 0 Å². The number of rotatable bonds is 14. The Labute approximate surface area is 431 Å². The summed E-state index contributed by atoms with van der Waals surface area (Å²) in [6.07, 6.45) is -15.1. The van der Waals surface area contributed by atoms with Gasteiger partial charge in [0.2, 0.25) is 12.0 Å². The first-order valence-corrected chi connectivity index (χ1v) is 21.5. The second-order valence-electron chi connectivity index (χ2n) is 16.3. The molecule has 18 N–H and O–H groups in total. The van der Waals surface area contributed by atoms with Gasteiger partial charge in [-0.3, -0.25) is 0 Å². The molecule has 1 saturated heterocycles. The van der Waals surface area contributed by atoms with Crippen LogP contribution >= 0.6 is 0 Å². The monoisotopic (exact) mass is 1090 g/mol. The Kier molecular flexibility index (Phi) is 15.2. The van der Waals surface area contributed by atoms with Crippen LogP contribution in [0.4, 0.5) is 0 Å². The lowest BCUT2D eigenvalue weighted by Gasteiger charge is -2.44. The van der Waals surface area contributed by atoms with Gasteiger partial charge in [-0.2, -0.15) is 0 Å². The van der Waals surface area contributed by atoms with Crippen LogP contribution in [0.5, 0.6) is 103 Å². The lowest BCUT2D eigenvalue weighted by Crippen LogP contribution is -2.63. The zero-order valence-electron chi connectivity index (χ0n) is 38.5. The molecule has 6 atom stereocenters. The molecular formula is C48H38O30. The van der Waals surface area contributed by atoms with Gasteiger partial charge in [0.1, 0.15) is 18.8 Å². The van der Waals surface area contributed by atoms with Crippen molar-refractivity contribution < 1.29 is 149 Å². The van der Waals surface area contributed by atoms with Crippen LogP contribution in [-0.4, -0.2) is 159 Å². The quantitative estimate of drug-likeness (QED) is 0.0244. The number of ether oxygens (including phenoxy) is 7. The summed E-state index contributed by atoms with van der Waals surface area (Å²) in [6, 6.07) is 6.72. The van der Waals surface area contributed by atoms with Crippen molar-refractivity contribution in [3.63, 3.8) is 0 Å². The van der Waals surface area contributed by atoms with Gasteiger partial charge >= 0.3 is 29.8 Å². The van der Waals surface area contributed by atoms with E-state index in [1.54, 1.807) is 0 Å². The summed E-state index contributed by atoms with van der Waals surface area (Å²) in [5, 5.41) is 184. The number of aliphatic hydroxyl groups excluding tert-OH is 1. The van der Waals surface area contributed by atoms with E-state index in [0.29, 0.717) is 72.8 Å². The fourth-order valence-electron chi connectivity index (χ4n) is 7.18. The molecule has 0 radical (unpaired) electrons. The van der Waals surface area contributed by atoms with Crippen LogP contribution in [0.25, 0.3) is 0 Å². The van der Waals surface area contributed by atoms with Gasteiger partial charge in [-0.05, 0) is 72.8 Å². The molecule has 78 heavy (non-hydrogen) atoms. The number of benzene rings is 6. The van der Waals surface area contributed by atoms with Gasteiger partial charge in [0.05, 0.1) is 27.8 Å². The number of phenols is 17. The van der Waals surface area contributed by atoms with Crippen molar-refractivity contribution in [2.24, 2.45) is 0 Å². The highest BCUT2D eigenvalue weighted by atomic mass is 16.8. The number of aliphatic hydroxyl groups is 1. The summed E-state index contributed by atoms with van der Waals surface area (Å²) in [4.78, 5) is 68.3. The van der Waals surface area contributed by atoms with Gasteiger partial charge in [0, 0.05) is 5.56 Å². The molecule has 1 unspecified atom stereocenters. The number of esters is 5. The Morgan fingerprint density at radius 1 is 0.385 bits per heavy atom. The molecule has 0 saturated carbocycles. The van der Waals surface area contributed by atoms with E-state index < -0.39 is 210 Å². The van der Waals surface area contributed by atoms with Crippen LogP contribution in [-0.2, 0) is 28.4 Å². The number of hydrogen-bond donors (Lipinski definition) is 18. The van der Waals surface area contributed by atoms with Crippen LogP contribution in [0, 0.1) is 0 Å². The zero-order valence-corrected chi connectivity index (χ0v) is 38.5. The van der Waals surface area contributed by atoms with Gasteiger partial charge in [0.25, 0.3) is 0 Å². The lowest BCUT2D eigenvalue weighted by molar-refractivity contribution is -0.311. The van der Waals surface area contributed by atoms with Gasteiger partial charge in [-0.15, -0.1) is 0 Å². The smallest absolute Gasteiger partial charge is 0.344 e. The zero-order chi connectivity index (χ0) is 57.3. The van der Waals surface area contributed by atoms with Crippen LogP contribution < -0.4 is 4.74 Å². The normalized spacial score (nSPS) is 17.3. The molecule has 0 amide bonds. The highest BCUT2D eigenvalue weighted by Crippen LogP contribution is 2.44. The van der Waals surface area contributed by atoms with Crippen LogP contribution in [0.1, 0.15) is 63.6 Å². The van der Waals surface area contributed by atoms with Crippen LogP contribution in [0.15, 0.2) is 72.8 Å². The molecular weight excluding hydrogens is 1060 g/mol. The summed E-state index contributed by atoms with van der Waals surface area (Å²) < 4.78 is 38.8. The Morgan fingerprint density at radius 2 is 0.692 bits per heavy atom. The third-order valence-corrected chi connectivity index (χ3v) is 11.0. The minimum absolute atomic E-state index is 0.518. The van der Waals surface area contributed by atoms with Crippen LogP contribution in [0.3, 0.4) is 0 Å². The van der Waals surface area contributed by atoms with Gasteiger partial charge in [-0.1, -0.05) is 0 Å². The highest BCUT2D eigenvalue weighted by Gasteiger charge is 2.54. The second kappa shape index (κ2) is 21.5. The molecule has 1 heterocycles. The molecule has 0 spiro atoms. The van der Waals surface area contributed by atoms with E-state index in [4.69, 9.17) is 33.2 Å². The molecule has 1 aliphatic rings. The van der Waals surface area contributed by atoms with Gasteiger partial charge < -0.3 is 125 Å². The Bertz CT molecular complexity index is 3270.